The van der Waals surface area contributed by atoms with Gasteiger partial charge in [-0.1, -0.05) is 33.6 Å². The summed E-state index contributed by atoms with van der Waals surface area (Å²) in [5, 5.41) is 0.148. The molecule has 0 bridgehead atoms. The van der Waals surface area contributed by atoms with Gasteiger partial charge in [-0.05, 0) is 92.2 Å². The highest BCUT2D eigenvalue weighted by Gasteiger charge is 2.36. The zero-order chi connectivity index (χ0) is 21.6. The SMILES string of the molecule is Cc1cc(-n2c(C)cc(/C=C3\SC(=O)N(c4cccc(Cl)c4)C3=O)c2C)ccc1Br. The van der Waals surface area contributed by atoms with Crippen LogP contribution < -0.4 is 4.90 Å². The van der Waals surface area contributed by atoms with Crippen molar-refractivity contribution in [3.8, 4) is 5.69 Å². The highest BCUT2D eigenvalue weighted by molar-refractivity contribution is 9.10. The number of hydrogen-bond acceptors (Lipinski definition) is 3. The van der Waals surface area contributed by atoms with Crippen LogP contribution >= 0.6 is 39.3 Å². The molecule has 1 saturated heterocycles. The Morgan fingerprint density at radius 1 is 1.00 bits per heavy atom. The molecule has 2 heterocycles. The third-order valence-corrected chi connectivity index (χ3v) is 7.01. The van der Waals surface area contributed by atoms with Gasteiger partial charge in [-0.3, -0.25) is 9.59 Å². The van der Waals surface area contributed by atoms with Crippen LogP contribution in [0.4, 0.5) is 10.5 Å². The Morgan fingerprint density at radius 3 is 2.47 bits per heavy atom. The van der Waals surface area contributed by atoms with Crippen molar-refractivity contribution < 1.29 is 9.59 Å². The molecule has 3 aromatic rings. The molecule has 1 fully saturated rings. The summed E-state index contributed by atoms with van der Waals surface area (Å²) >= 11 is 10.5. The Labute approximate surface area is 192 Å². The molecule has 1 aliphatic heterocycles. The predicted octanol–water partition coefficient (Wildman–Crippen LogP) is 7.06. The van der Waals surface area contributed by atoms with E-state index in [1.807, 2.05) is 32.0 Å². The van der Waals surface area contributed by atoms with Crippen molar-refractivity contribution in [2.45, 2.75) is 20.8 Å². The van der Waals surface area contributed by atoms with Gasteiger partial charge >= 0.3 is 0 Å². The molecular weight excluding hydrogens is 484 g/mol. The Hall–Kier alpha value is -2.28. The predicted molar refractivity (Wildman–Crippen MR) is 128 cm³/mol. The summed E-state index contributed by atoms with van der Waals surface area (Å²) in [5.41, 5.74) is 5.63. The maximum absolute atomic E-state index is 12.9. The van der Waals surface area contributed by atoms with Crippen LogP contribution in [0.15, 0.2) is 57.9 Å². The highest BCUT2D eigenvalue weighted by Crippen LogP contribution is 2.37. The summed E-state index contributed by atoms with van der Waals surface area (Å²) in [6.07, 6.45) is 1.79. The maximum Gasteiger partial charge on any atom is 0.298 e. The Morgan fingerprint density at radius 2 is 1.77 bits per heavy atom. The van der Waals surface area contributed by atoms with Crippen LogP contribution in [0.5, 0.6) is 0 Å². The van der Waals surface area contributed by atoms with Gasteiger partial charge in [0, 0.05) is 26.6 Å². The van der Waals surface area contributed by atoms with Crippen molar-refractivity contribution in [2.75, 3.05) is 4.90 Å². The lowest BCUT2D eigenvalue weighted by molar-refractivity contribution is -0.113. The zero-order valence-corrected chi connectivity index (χ0v) is 19.7. The van der Waals surface area contributed by atoms with Crippen molar-refractivity contribution in [3.05, 3.63) is 85.4 Å². The van der Waals surface area contributed by atoms with Crippen LogP contribution in [-0.4, -0.2) is 15.7 Å². The average Bonchev–Trinajstić information content (AvgIpc) is 3.12. The van der Waals surface area contributed by atoms with Gasteiger partial charge in [0.25, 0.3) is 11.1 Å². The van der Waals surface area contributed by atoms with Crippen LogP contribution in [0.2, 0.25) is 5.02 Å². The standard InChI is InChI=1S/C23H18BrClN2O2S/c1-13-9-19(7-8-20(13)24)26-14(2)10-16(15(26)3)11-21-22(28)27(23(29)30-21)18-6-4-5-17(25)12-18/h4-12H,1-3H3/b21-11-. The molecule has 0 saturated carbocycles. The molecule has 0 aliphatic carbocycles. The number of imide groups is 1. The maximum atomic E-state index is 12.9. The third kappa shape index (κ3) is 3.75. The molecule has 4 rings (SSSR count). The number of amides is 2. The van der Waals surface area contributed by atoms with Crippen molar-refractivity contribution >= 4 is 62.2 Å². The average molecular weight is 502 g/mol. The molecular formula is C23H18BrClN2O2S. The van der Waals surface area contributed by atoms with Gasteiger partial charge in [-0.25, -0.2) is 4.90 Å². The number of benzene rings is 2. The molecule has 0 atom stereocenters. The summed E-state index contributed by atoms with van der Waals surface area (Å²) in [4.78, 5) is 27.0. The van der Waals surface area contributed by atoms with E-state index in [1.54, 1.807) is 30.3 Å². The lowest BCUT2D eigenvalue weighted by atomic mass is 10.2. The van der Waals surface area contributed by atoms with E-state index >= 15 is 0 Å². The second-order valence-electron chi connectivity index (χ2n) is 7.09. The van der Waals surface area contributed by atoms with Crippen molar-refractivity contribution in [2.24, 2.45) is 0 Å². The summed E-state index contributed by atoms with van der Waals surface area (Å²) in [7, 11) is 0. The molecule has 0 N–H and O–H groups in total. The summed E-state index contributed by atoms with van der Waals surface area (Å²) in [6, 6.07) is 15.0. The van der Waals surface area contributed by atoms with Gasteiger partial charge in [-0.15, -0.1) is 0 Å². The number of thioether (sulfide) groups is 1. The van der Waals surface area contributed by atoms with Gasteiger partial charge in [0.15, 0.2) is 0 Å². The van der Waals surface area contributed by atoms with Crippen LogP contribution in [0.1, 0.15) is 22.5 Å². The number of halogens is 2. The number of carbonyl (C=O) groups excluding carboxylic acids is 2. The second kappa shape index (κ2) is 8.10. The quantitative estimate of drug-likeness (QED) is 0.361. The first kappa shape index (κ1) is 21.0. The molecule has 7 heteroatoms. The smallest absolute Gasteiger partial charge is 0.298 e. The number of carbonyl (C=O) groups is 2. The number of aromatic nitrogens is 1. The van der Waals surface area contributed by atoms with Crippen LogP contribution in [0.25, 0.3) is 11.8 Å². The molecule has 152 valence electrons. The largest absolute Gasteiger partial charge is 0.318 e. The molecule has 0 unspecified atom stereocenters. The minimum absolute atomic E-state index is 0.328. The van der Waals surface area contributed by atoms with E-state index in [1.165, 1.54) is 4.90 Å². The second-order valence-corrected chi connectivity index (χ2v) is 9.38. The van der Waals surface area contributed by atoms with Crippen molar-refractivity contribution in [1.82, 2.24) is 4.57 Å². The zero-order valence-electron chi connectivity index (χ0n) is 16.6. The molecule has 2 aromatic carbocycles. The number of anilines is 1. The summed E-state index contributed by atoms with van der Waals surface area (Å²) < 4.78 is 3.20. The highest BCUT2D eigenvalue weighted by atomic mass is 79.9. The van der Waals surface area contributed by atoms with E-state index in [0.29, 0.717) is 15.6 Å². The fourth-order valence-electron chi connectivity index (χ4n) is 3.55. The molecule has 1 aromatic heterocycles. The lowest BCUT2D eigenvalue weighted by Gasteiger charge is -2.12. The van der Waals surface area contributed by atoms with Crippen molar-refractivity contribution in [3.63, 3.8) is 0 Å². The van der Waals surface area contributed by atoms with Gasteiger partial charge in [0.2, 0.25) is 0 Å². The van der Waals surface area contributed by atoms with Crippen LogP contribution in [0, 0.1) is 20.8 Å². The monoisotopic (exact) mass is 500 g/mol. The minimum atomic E-state index is -0.337. The van der Waals surface area contributed by atoms with Crippen molar-refractivity contribution in [1.29, 1.82) is 0 Å². The summed E-state index contributed by atoms with van der Waals surface area (Å²) in [6.45, 7) is 6.09. The topological polar surface area (TPSA) is 42.3 Å². The molecule has 0 spiro atoms. The molecule has 2 amide bonds. The Kier molecular flexibility index (Phi) is 5.66. The fourth-order valence-corrected chi connectivity index (χ4v) is 4.81. The van der Waals surface area contributed by atoms with Crippen LogP contribution in [0.3, 0.4) is 0 Å². The number of aryl methyl sites for hydroxylation is 2. The van der Waals surface area contributed by atoms with Gasteiger partial charge in [0.05, 0.1) is 10.6 Å². The van der Waals surface area contributed by atoms with Crippen LogP contribution in [-0.2, 0) is 4.79 Å². The number of hydrogen-bond donors (Lipinski definition) is 0. The normalized spacial score (nSPS) is 15.5. The molecule has 0 radical (unpaired) electrons. The number of rotatable bonds is 3. The first-order valence-corrected chi connectivity index (χ1v) is 11.2. The molecule has 30 heavy (non-hydrogen) atoms. The minimum Gasteiger partial charge on any atom is -0.318 e. The first-order valence-electron chi connectivity index (χ1n) is 9.25. The van der Waals surface area contributed by atoms with Gasteiger partial charge < -0.3 is 4.57 Å². The number of nitrogens with zero attached hydrogens (tertiary/aromatic N) is 2. The third-order valence-electron chi connectivity index (χ3n) is 5.02. The van der Waals surface area contributed by atoms with E-state index in [0.717, 1.165) is 44.4 Å². The lowest BCUT2D eigenvalue weighted by Crippen LogP contribution is -2.27. The van der Waals surface area contributed by atoms with Gasteiger partial charge in [0.1, 0.15) is 0 Å². The summed E-state index contributed by atoms with van der Waals surface area (Å²) in [5.74, 6) is -0.337. The van der Waals surface area contributed by atoms with E-state index < -0.39 is 0 Å². The van der Waals surface area contributed by atoms with Gasteiger partial charge in [-0.2, -0.15) is 0 Å². The molecule has 1 aliphatic rings. The Balaban J connectivity index is 1.71. The fraction of sp³-hybridized carbons (Fsp3) is 0.130. The van der Waals surface area contributed by atoms with E-state index in [9.17, 15) is 9.59 Å². The first-order chi connectivity index (χ1) is 14.3. The van der Waals surface area contributed by atoms with E-state index in [-0.39, 0.29) is 11.1 Å². The molecule has 4 nitrogen and oxygen atoms in total. The van der Waals surface area contributed by atoms with E-state index in [2.05, 4.69) is 33.5 Å². The van der Waals surface area contributed by atoms with E-state index in [4.69, 9.17) is 11.6 Å². The Bertz CT molecular complexity index is 1230.